The molecule has 0 aliphatic carbocycles. The summed E-state index contributed by atoms with van der Waals surface area (Å²) in [6.45, 7) is 3.91. The fourth-order valence-corrected chi connectivity index (χ4v) is 5.52. The predicted molar refractivity (Wildman–Crippen MR) is 128 cm³/mol. The van der Waals surface area contributed by atoms with Gasteiger partial charge < -0.3 is 0 Å². The first kappa shape index (κ1) is 22.8. The van der Waals surface area contributed by atoms with E-state index in [1.54, 1.807) is 19.1 Å². The second-order valence-electron chi connectivity index (χ2n) is 7.65. The Morgan fingerprint density at radius 3 is 2.48 bits per heavy atom. The van der Waals surface area contributed by atoms with Crippen LogP contribution in [0.3, 0.4) is 0 Å². The zero-order chi connectivity index (χ0) is 23.4. The molecule has 168 valence electrons. The Balaban J connectivity index is 1.72. The molecule has 0 bridgehead atoms. The molecular weight excluding hydrogens is 483 g/mol. The molecule has 0 radical (unpaired) electrons. The third-order valence-electron chi connectivity index (χ3n) is 5.42. The Morgan fingerprint density at radius 1 is 1.00 bits per heavy atom. The van der Waals surface area contributed by atoms with Crippen molar-refractivity contribution in [1.29, 1.82) is 0 Å². The van der Waals surface area contributed by atoms with Crippen LogP contribution in [0.1, 0.15) is 34.5 Å². The normalized spacial score (nSPS) is 15.7. The van der Waals surface area contributed by atoms with Gasteiger partial charge in [0.1, 0.15) is 0 Å². The molecule has 2 N–H and O–H groups in total. The number of carbonyl (C=O) groups excluding carboxylic acids is 3. The molecule has 0 saturated heterocycles. The van der Waals surface area contributed by atoms with Gasteiger partial charge in [-0.25, -0.2) is 0 Å². The van der Waals surface area contributed by atoms with Gasteiger partial charge in [0.15, 0.2) is 0 Å². The Labute approximate surface area is 198 Å². The molecule has 1 unspecified atom stereocenters. The summed E-state index contributed by atoms with van der Waals surface area (Å²) < 4.78 is 5.36. The van der Waals surface area contributed by atoms with Crippen molar-refractivity contribution >= 4 is 42.4 Å². The Morgan fingerprint density at radius 2 is 1.73 bits per heavy atom. The molecule has 4 rings (SSSR count). The van der Waals surface area contributed by atoms with E-state index >= 15 is 0 Å². The van der Waals surface area contributed by atoms with E-state index < -0.39 is 33.0 Å². The molecule has 2 amide bonds. The first-order valence-electron chi connectivity index (χ1n) is 10.7. The minimum atomic E-state index is -0.677. The second kappa shape index (κ2) is 10.0. The molecule has 7 heteroatoms. The van der Waals surface area contributed by atoms with Crippen molar-refractivity contribution in [1.82, 2.24) is 10.6 Å². The summed E-state index contributed by atoms with van der Waals surface area (Å²) in [5.74, 6) is -0.503. The molecule has 1 atom stereocenters. The quantitative estimate of drug-likeness (QED) is 0.369. The zero-order valence-corrected chi connectivity index (χ0v) is 20.1. The molecule has 33 heavy (non-hydrogen) atoms. The number of aryl methyl sites for hydroxylation is 1. The molecule has 0 saturated carbocycles. The fraction of sp³-hybridized carbons (Fsp3) is 0.192. The summed E-state index contributed by atoms with van der Waals surface area (Å²) in [5, 5.41) is 7.87. The van der Waals surface area contributed by atoms with Crippen molar-refractivity contribution in [3.63, 3.8) is 0 Å². The summed E-state index contributed by atoms with van der Waals surface area (Å²) in [6.07, 6.45) is 0. The van der Waals surface area contributed by atoms with Gasteiger partial charge in [-0.3, -0.25) is 0 Å². The van der Waals surface area contributed by atoms with Crippen LogP contribution >= 0.6 is 0 Å². The first-order valence-corrected chi connectivity index (χ1v) is 12.7. The van der Waals surface area contributed by atoms with Gasteiger partial charge in [-0.05, 0) is 0 Å². The van der Waals surface area contributed by atoms with Crippen molar-refractivity contribution in [2.75, 3.05) is 6.61 Å². The number of carbonyl (C=O) groups is 3. The number of urea groups is 1. The van der Waals surface area contributed by atoms with E-state index in [0.717, 1.165) is 21.9 Å². The molecule has 1 heterocycles. The SMILES string of the molecule is CCOC(=O)C1=C(C[Se]C(=O)c2ccc(C)cc2)NC(=O)NC1c1cccc2ccccc12. The van der Waals surface area contributed by atoms with Crippen molar-refractivity contribution < 1.29 is 19.1 Å². The Hall–Kier alpha value is -3.41. The summed E-state index contributed by atoms with van der Waals surface area (Å²) in [5.41, 5.74) is 3.29. The molecule has 1 aliphatic heterocycles. The molecular formula is C26H24N2O4Se. The van der Waals surface area contributed by atoms with Crippen LogP contribution in [-0.2, 0) is 9.53 Å². The summed E-state index contributed by atoms with van der Waals surface area (Å²) in [4.78, 5) is 38.4. The minimum absolute atomic E-state index is 0.00713. The second-order valence-corrected chi connectivity index (χ2v) is 9.64. The molecule has 6 nitrogen and oxygen atoms in total. The summed E-state index contributed by atoms with van der Waals surface area (Å²) >= 11 is -0.504. The van der Waals surface area contributed by atoms with Crippen LogP contribution < -0.4 is 10.6 Å². The monoisotopic (exact) mass is 508 g/mol. The van der Waals surface area contributed by atoms with Gasteiger partial charge in [-0.2, -0.15) is 0 Å². The Kier molecular flexibility index (Phi) is 6.92. The van der Waals surface area contributed by atoms with Gasteiger partial charge in [0.2, 0.25) is 0 Å². The van der Waals surface area contributed by atoms with Gasteiger partial charge in [-0.1, -0.05) is 0 Å². The number of allylic oxidation sites excluding steroid dienone is 1. The van der Waals surface area contributed by atoms with Crippen molar-refractivity contribution in [2.24, 2.45) is 0 Å². The van der Waals surface area contributed by atoms with E-state index in [2.05, 4.69) is 10.6 Å². The standard InChI is InChI=1S/C26H24N2O4Se/c1-3-32-24(29)22-21(15-33-25(30)18-13-11-16(2)12-14-18)27-26(31)28-23(22)20-10-6-8-17-7-4-5-9-19(17)20/h4-14,23H,3,15H2,1-2H3,(H2,27,28,31). The van der Waals surface area contributed by atoms with E-state index in [1.165, 1.54) is 0 Å². The van der Waals surface area contributed by atoms with E-state index in [9.17, 15) is 14.4 Å². The molecule has 3 aromatic carbocycles. The maximum absolute atomic E-state index is 13.0. The fourth-order valence-electron chi connectivity index (χ4n) is 3.83. The average molecular weight is 507 g/mol. The topological polar surface area (TPSA) is 84.5 Å². The van der Waals surface area contributed by atoms with E-state index in [-0.39, 0.29) is 16.6 Å². The molecule has 0 fully saturated rings. The number of ether oxygens (including phenoxy) is 1. The molecule has 3 aromatic rings. The molecule has 0 aromatic heterocycles. The number of hydrogen-bond donors (Lipinski definition) is 2. The van der Waals surface area contributed by atoms with Crippen LogP contribution in [0.25, 0.3) is 10.8 Å². The number of hydrogen-bond acceptors (Lipinski definition) is 4. The van der Waals surface area contributed by atoms with Crippen molar-refractivity contribution in [3.05, 3.63) is 94.7 Å². The number of rotatable bonds is 7. The van der Waals surface area contributed by atoms with Crippen LogP contribution in [0.2, 0.25) is 5.32 Å². The van der Waals surface area contributed by atoms with Gasteiger partial charge in [-0.15, -0.1) is 0 Å². The third kappa shape index (κ3) is 5.00. The van der Waals surface area contributed by atoms with E-state index in [4.69, 9.17) is 4.74 Å². The van der Waals surface area contributed by atoms with Gasteiger partial charge in [0, 0.05) is 0 Å². The number of fused-ring (bicyclic) bond motifs is 1. The number of nitrogens with one attached hydrogen (secondary N) is 2. The van der Waals surface area contributed by atoms with Crippen LogP contribution in [0.15, 0.2) is 78.0 Å². The van der Waals surface area contributed by atoms with E-state index in [0.29, 0.717) is 16.8 Å². The number of benzene rings is 3. The zero-order valence-electron chi connectivity index (χ0n) is 18.4. The van der Waals surface area contributed by atoms with Crippen LogP contribution in [0.4, 0.5) is 4.79 Å². The summed E-state index contributed by atoms with van der Waals surface area (Å²) in [7, 11) is 0. The molecule has 0 spiro atoms. The third-order valence-corrected chi connectivity index (χ3v) is 7.37. The van der Waals surface area contributed by atoms with Crippen LogP contribution in [0, 0.1) is 6.92 Å². The average Bonchev–Trinajstić information content (AvgIpc) is 2.82. The van der Waals surface area contributed by atoms with Crippen LogP contribution in [-0.4, -0.2) is 38.2 Å². The summed E-state index contributed by atoms with van der Waals surface area (Å²) in [6, 6.07) is 19.9. The van der Waals surface area contributed by atoms with Crippen molar-refractivity contribution in [3.8, 4) is 0 Å². The van der Waals surface area contributed by atoms with Crippen molar-refractivity contribution in [2.45, 2.75) is 25.2 Å². The van der Waals surface area contributed by atoms with Gasteiger partial charge in [0.25, 0.3) is 0 Å². The first-order chi connectivity index (χ1) is 16.0. The van der Waals surface area contributed by atoms with E-state index in [1.807, 2.05) is 61.5 Å². The number of amides is 2. The van der Waals surface area contributed by atoms with Gasteiger partial charge in [0.05, 0.1) is 0 Å². The van der Waals surface area contributed by atoms with Gasteiger partial charge >= 0.3 is 199 Å². The molecule has 1 aliphatic rings. The Bertz CT molecular complexity index is 1250. The number of esters is 1. The van der Waals surface area contributed by atoms with Crippen LogP contribution in [0.5, 0.6) is 0 Å². The maximum atomic E-state index is 13.0. The predicted octanol–water partition coefficient (Wildman–Crippen LogP) is 4.28.